The van der Waals surface area contributed by atoms with Crippen molar-refractivity contribution in [3.8, 4) is 12.3 Å². The standard InChI is InChI=1S/C17H24N2O2S/c1-5-12-19(13-16-8-6-14(2)7-9-16)22(20,21)18(4)15(3)17-10-11-17/h1,6-9,15,17H,10-13H2,2-4H3. The zero-order valence-electron chi connectivity index (χ0n) is 13.5. The molecule has 0 saturated heterocycles. The summed E-state index contributed by atoms with van der Waals surface area (Å²) in [6.45, 7) is 4.35. The second-order valence-electron chi connectivity index (χ2n) is 6.06. The van der Waals surface area contributed by atoms with Gasteiger partial charge in [0.25, 0.3) is 10.2 Å². The van der Waals surface area contributed by atoms with E-state index in [1.54, 1.807) is 7.05 Å². The van der Waals surface area contributed by atoms with E-state index in [4.69, 9.17) is 6.42 Å². The van der Waals surface area contributed by atoms with E-state index < -0.39 is 10.2 Å². The first kappa shape index (κ1) is 17.0. The van der Waals surface area contributed by atoms with Gasteiger partial charge in [-0.05, 0) is 38.2 Å². The first-order chi connectivity index (χ1) is 10.4. The fraction of sp³-hybridized carbons (Fsp3) is 0.529. The summed E-state index contributed by atoms with van der Waals surface area (Å²) in [5.41, 5.74) is 2.09. The second-order valence-corrected chi connectivity index (χ2v) is 8.05. The predicted molar refractivity (Wildman–Crippen MR) is 89.3 cm³/mol. The summed E-state index contributed by atoms with van der Waals surface area (Å²) in [6, 6.07) is 7.86. The Kier molecular flexibility index (Phi) is 5.28. The first-order valence-corrected chi connectivity index (χ1v) is 8.98. The van der Waals surface area contributed by atoms with Crippen LogP contribution in [0.3, 0.4) is 0 Å². The predicted octanol–water partition coefficient (Wildman–Crippen LogP) is 2.41. The Bertz CT molecular complexity index is 642. The quantitative estimate of drug-likeness (QED) is 0.724. The van der Waals surface area contributed by atoms with Crippen molar-refractivity contribution < 1.29 is 8.42 Å². The number of rotatable bonds is 7. The minimum absolute atomic E-state index is 0.0169. The van der Waals surface area contributed by atoms with Gasteiger partial charge in [0.15, 0.2) is 0 Å². The Hall–Kier alpha value is -1.35. The normalized spacial score (nSPS) is 16.7. The fourth-order valence-electron chi connectivity index (χ4n) is 2.49. The van der Waals surface area contributed by atoms with Gasteiger partial charge in [0.1, 0.15) is 0 Å². The number of hydrogen-bond donors (Lipinski definition) is 0. The molecule has 1 aliphatic rings. The lowest BCUT2D eigenvalue weighted by Gasteiger charge is -2.30. The molecule has 0 radical (unpaired) electrons. The summed E-state index contributed by atoms with van der Waals surface area (Å²) in [4.78, 5) is 0. The maximum Gasteiger partial charge on any atom is 0.283 e. The monoisotopic (exact) mass is 320 g/mol. The van der Waals surface area contributed by atoms with E-state index in [1.165, 1.54) is 8.61 Å². The Morgan fingerprint density at radius 2 is 1.91 bits per heavy atom. The van der Waals surface area contributed by atoms with E-state index >= 15 is 0 Å². The maximum atomic E-state index is 12.8. The Morgan fingerprint density at radius 3 is 2.41 bits per heavy atom. The van der Waals surface area contributed by atoms with Gasteiger partial charge in [-0.1, -0.05) is 35.7 Å². The number of hydrogen-bond acceptors (Lipinski definition) is 2. The van der Waals surface area contributed by atoms with Crippen molar-refractivity contribution >= 4 is 10.2 Å². The largest absolute Gasteiger partial charge is 0.283 e. The van der Waals surface area contributed by atoms with Gasteiger partial charge in [-0.15, -0.1) is 6.42 Å². The number of benzene rings is 1. The van der Waals surface area contributed by atoms with Crippen molar-refractivity contribution in [2.75, 3.05) is 13.6 Å². The van der Waals surface area contributed by atoms with Crippen molar-refractivity contribution in [2.45, 2.75) is 39.3 Å². The number of nitrogens with zero attached hydrogens (tertiary/aromatic N) is 2. The highest BCUT2D eigenvalue weighted by Crippen LogP contribution is 2.36. The van der Waals surface area contributed by atoms with Crippen LogP contribution in [0.5, 0.6) is 0 Å². The van der Waals surface area contributed by atoms with Gasteiger partial charge in [-0.25, -0.2) is 0 Å². The van der Waals surface area contributed by atoms with E-state index in [0.717, 1.165) is 24.0 Å². The van der Waals surface area contributed by atoms with Gasteiger partial charge in [0, 0.05) is 19.6 Å². The van der Waals surface area contributed by atoms with Crippen LogP contribution in [0.1, 0.15) is 30.9 Å². The van der Waals surface area contributed by atoms with Crippen molar-refractivity contribution in [3.05, 3.63) is 35.4 Å². The van der Waals surface area contributed by atoms with Crippen LogP contribution in [0.4, 0.5) is 0 Å². The zero-order valence-corrected chi connectivity index (χ0v) is 14.3. The fourth-order valence-corrected chi connectivity index (χ4v) is 3.99. The minimum Gasteiger partial charge on any atom is -0.195 e. The third-order valence-corrected chi connectivity index (χ3v) is 6.29. The summed E-state index contributed by atoms with van der Waals surface area (Å²) >= 11 is 0. The molecule has 1 atom stereocenters. The molecule has 4 nitrogen and oxygen atoms in total. The van der Waals surface area contributed by atoms with Gasteiger partial charge in [-0.3, -0.25) is 0 Å². The summed E-state index contributed by atoms with van der Waals surface area (Å²) < 4.78 is 28.5. The van der Waals surface area contributed by atoms with Gasteiger partial charge >= 0.3 is 0 Å². The highest BCUT2D eigenvalue weighted by atomic mass is 32.2. The molecule has 1 aliphatic carbocycles. The second kappa shape index (κ2) is 6.82. The molecule has 0 heterocycles. The van der Waals surface area contributed by atoms with Gasteiger partial charge in [0.2, 0.25) is 0 Å². The molecule has 0 N–H and O–H groups in total. The summed E-state index contributed by atoms with van der Waals surface area (Å²) in [5, 5.41) is 0. The topological polar surface area (TPSA) is 40.6 Å². The Labute approximate surface area is 134 Å². The van der Waals surface area contributed by atoms with Crippen molar-refractivity contribution in [1.29, 1.82) is 0 Å². The molecule has 0 aromatic heterocycles. The van der Waals surface area contributed by atoms with Gasteiger partial charge < -0.3 is 0 Å². The van der Waals surface area contributed by atoms with E-state index in [-0.39, 0.29) is 12.6 Å². The highest BCUT2D eigenvalue weighted by Gasteiger charge is 2.37. The molecule has 1 fully saturated rings. The lowest BCUT2D eigenvalue weighted by molar-refractivity contribution is 0.315. The molecule has 1 unspecified atom stereocenters. The van der Waals surface area contributed by atoms with E-state index in [0.29, 0.717) is 12.5 Å². The molecule has 0 aliphatic heterocycles. The summed E-state index contributed by atoms with van der Waals surface area (Å²) in [7, 11) is -1.90. The smallest absolute Gasteiger partial charge is 0.195 e. The van der Waals surface area contributed by atoms with Crippen molar-refractivity contribution in [1.82, 2.24) is 8.61 Å². The van der Waals surface area contributed by atoms with Gasteiger partial charge in [-0.2, -0.15) is 17.0 Å². The van der Waals surface area contributed by atoms with Crippen LogP contribution in [-0.4, -0.2) is 36.7 Å². The van der Waals surface area contributed by atoms with Crippen LogP contribution >= 0.6 is 0 Å². The van der Waals surface area contributed by atoms with Gasteiger partial charge in [0.05, 0.1) is 6.54 Å². The van der Waals surface area contributed by atoms with Crippen LogP contribution in [-0.2, 0) is 16.8 Å². The van der Waals surface area contributed by atoms with Crippen molar-refractivity contribution in [3.63, 3.8) is 0 Å². The molecule has 1 aromatic rings. The molecular weight excluding hydrogens is 296 g/mol. The average molecular weight is 320 g/mol. The SMILES string of the molecule is C#CCN(Cc1ccc(C)cc1)S(=O)(=O)N(C)C(C)C1CC1. The first-order valence-electron chi connectivity index (χ1n) is 7.58. The molecule has 1 aromatic carbocycles. The molecule has 22 heavy (non-hydrogen) atoms. The highest BCUT2D eigenvalue weighted by molar-refractivity contribution is 7.86. The molecule has 5 heteroatoms. The van der Waals surface area contributed by atoms with Crippen LogP contribution in [0.15, 0.2) is 24.3 Å². The zero-order chi connectivity index (χ0) is 16.3. The summed E-state index contributed by atoms with van der Waals surface area (Å²) in [6.07, 6.45) is 7.59. The maximum absolute atomic E-state index is 12.8. The molecule has 0 bridgehead atoms. The average Bonchev–Trinajstić information content (AvgIpc) is 3.32. The lowest BCUT2D eigenvalue weighted by Crippen LogP contribution is -2.46. The van der Waals surface area contributed by atoms with Crippen molar-refractivity contribution in [2.24, 2.45) is 5.92 Å². The summed E-state index contributed by atoms with van der Waals surface area (Å²) in [5.74, 6) is 2.94. The van der Waals surface area contributed by atoms with E-state index in [9.17, 15) is 8.42 Å². The molecule has 120 valence electrons. The number of aryl methyl sites for hydroxylation is 1. The molecule has 0 spiro atoms. The van der Waals surface area contributed by atoms with E-state index in [2.05, 4.69) is 5.92 Å². The Morgan fingerprint density at radius 1 is 1.32 bits per heavy atom. The van der Waals surface area contributed by atoms with Crippen LogP contribution in [0, 0.1) is 25.2 Å². The van der Waals surface area contributed by atoms with Crippen LogP contribution < -0.4 is 0 Å². The minimum atomic E-state index is -3.55. The third kappa shape index (κ3) is 3.89. The van der Waals surface area contributed by atoms with Crippen LogP contribution in [0.2, 0.25) is 0 Å². The molecule has 0 amide bonds. The lowest BCUT2D eigenvalue weighted by atomic mass is 10.1. The third-order valence-electron chi connectivity index (χ3n) is 4.32. The van der Waals surface area contributed by atoms with E-state index in [1.807, 2.05) is 38.1 Å². The number of terminal acetylenes is 1. The molecule has 1 saturated carbocycles. The van der Waals surface area contributed by atoms with Crippen LogP contribution in [0.25, 0.3) is 0 Å². The molecular formula is C17H24N2O2S. The molecule has 2 rings (SSSR count). The Balaban J connectivity index is 2.18.